The molecule has 0 aliphatic carbocycles. The zero-order valence-electron chi connectivity index (χ0n) is 15.0. The monoisotopic (exact) mass is 362 g/mol. The van der Waals surface area contributed by atoms with E-state index in [1.807, 2.05) is 13.1 Å². The number of ether oxygens (including phenoxy) is 1. The topological polar surface area (TPSA) is 78.8 Å². The Balaban J connectivity index is 1.93. The standard InChI is InChI=1S/C18H26N4O2S/c1-4-15-12-21-17(25-15)8-9-20-18(19-5-2)22-11-13-10-14(24-3)6-7-16(13)23/h6-7,10,12,23H,4-5,8-9,11H2,1-3H3,(H2,19,20,22). The van der Waals surface area contributed by atoms with Crippen molar-refractivity contribution in [3.8, 4) is 11.5 Å². The van der Waals surface area contributed by atoms with Crippen molar-refractivity contribution in [2.75, 3.05) is 20.2 Å². The van der Waals surface area contributed by atoms with Gasteiger partial charge in [-0.25, -0.2) is 9.98 Å². The molecule has 1 aromatic heterocycles. The van der Waals surface area contributed by atoms with Crippen LogP contribution in [0.4, 0.5) is 0 Å². The van der Waals surface area contributed by atoms with Crippen molar-refractivity contribution in [1.29, 1.82) is 0 Å². The van der Waals surface area contributed by atoms with E-state index in [1.54, 1.807) is 36.6 Å². The van der Waals surface area contributed by atoms with Crippen LogP contribution in [0.2, 0.25) is 0 Å². The highest BCUT2D eigenvalue weighted by atomic mass is 32.1. The molecule has 0 aliphatic heterocycles. The molecule has 1 heterocycles. The van der Waals surface area contributed by atoms with Crippen molar-refractivity contribution < 1.29 is 9.84 Å². The van der Waals surface area contributed by atoms with Gasteiger partial charge in [-0.3, -0.25) is 0 Å². The first-order chi connectivity index (χ1) is 12.2. The molecule has 0 bridgehead atoms. The van der Waals surface area contributed by atoms with Gasteiger partial charge in [0, 0.05) is 36.1 Å². The van der Waals surface area contributed by atoms with Crippen LogP contribution in [0, 0.1) is 0 Å². The first-order valence-corrected chi connectivity index (χ1v) is 9.29. The van der Waals surface area contributed by atoms with Crippen molar-refractivity contribution in [1.82, 2.24) is 15.6 Å². The van der Waals surface area contributed by atoms with Crippen molar-refractivity contribution >= 4 is 17.3 Å². The summed E-state index contributed by atoms with van der Waals surface area (Å²) in [5, 5.41) is 17.6. The molecule has 0 amide bonds. The number of nitrogens with one attached hydrogen (secondary N) is 2. The van der Waals surface area contributed by atoms with Gasteiger partial charge in [0.05, 0.1) is 18.7 Å². The van der Waals surface area contributed by atoms with Gasteiger partial charge >= 0.3 is 0 Å². The van der Waals surface area contributed by atoms with E-state index in [4.69, 9.17) is 4.74 Å². The van der Waals surface area contributed by atoms with Crippen LogP contribution in [0.25, 0.3) is 0 Å². The van der Waals surface area contributed by atoms with Gasteiger partial charge in [-0.1, -0.05) is 6.92 Å². The van der Waals surface area contributed by atoms with Gasteiger partial charge in [-0.2, -0.15) is 0 Å². The zero-order valence-corrected chi connectivity index (χ0v) is 15.8. The molecule has 2 aromatic rings. The molecule has 0 fully saturated rings. The second-order valence-corrected chi connectivity index (χ2v) is 6.64. The molecule has 2 rings (SSSR count). The van der Waals surface area contributed by atoms with Crippen LogP contribution in [0.1, 0.15) is 29.3 Å². The van der Waals surface area contributed by atoms with Gasteiger partial charge in [-0.15, -0.1) is 11.3 Å². The van der Waals surface area contributed by atoms with E-state index in [-0.39, 0.29) is 5.75 Å². The molecule has 25 heavy (non-hydrogen) atoms. The highest BCUT2D eigenvalue weighted by molar-refractivity contribution is 7.11. The van der Waals surface area contributed by atoms with Crippen LogP contribution in [0.3, 0.4) is 0 Å². The minimum absolute atomic E-state index is 0.218. The fourth-order valence-electron chi connectivity index (χ4n) is 2.24. The minimum Gasteiger partial charge on any atom is -0.508 e. The fraction of sp³-hybridized carbons (Fsp3) is 0.444. The minimum atomic E-state index is 0.218. The quantitative estimate of drug-likeness (QED) is 0.497. The molecule has 0 saturated carbocycles. The highest BCUT2D eigenvalue weighted by Crippen LogP contribution is 2.23. The Morgan fingerprint density at radius 2 is 2.16 bits per heavy atom. The second-order valence-electron chi connectivity index (χ2n) is 5.44. The Morgan fingerprint density at radius 1 is 1.32 bits per heavy atom. The largest absolute Gasteiger partial charge is 0.508 e. The van der Waals surface area contributed by atoms with Crippen LogP contribution in [-0.2, 0) is 19.4 Å². The molecule has 1 aromatic carbocycles. The molecule has 3 N–H and O–H groups in total. The fourth-order valence-corrected chi connectivity index (χ4v) is 3.10. The summed E-state index contributed by atoms with van der Waals surface area (Å²) in [6.07, 6.45) is 3.84. The van der Waals surface area contributed by atoms with Crippen LogP contribution in [0.5, 0.6) is 11.5 Å². The van der Waals surface area contributed by atoms with E-state index < -0.39 is 0 Å². The Labute approximate surface area is 153 Å². The Kier molecular flexibility index (Phi) is 7.53. The SMILES string of the molecule is CCNC(=NCc1cc(OC)ccc1O)NCCc1ncc(CC)s1. The summed E-state index contributed by atoms with van der Waals surface area (Å²) < 4.78 is 5.19. The lowest BCUT2D eigenvalue weighted by Crippen LogP contribution is -2.38. The van der Waals surface area contributed by atoms with Gasteiger partial charge in [0.25, 0.3) is 0 Å². The predicted octanol–water partition coefficient (Wildman–Crippen LogP) is 2.72. The van der Waals surface area contributed by atoms with Crippen LogP contribution < -0.4 is 15.4 Å². The molecular weight excluding hydrogens is 336 g/mol. The number of hydrogen-bond acceptors (Lipinski definition) is 5. The summed E-state index contributed by atoms with van der Waals surface area (Å²) >= 11 is 1.76. The van der Waals surface area contributed by atoms with Crippen LogP contribution in [0.15, 0.2) is 29.4 Å². The Bertz CT molecular complexity index is 700. The molecule has 0 radical (unpaired) electrons. The Morgan fingerprint density at radius 3 is 2.84 bits per heavy atom. The summed E-state index contributed by atoms with van der Waals surface area (Å²) in [5.41, 5.74) is 0.726. The van der Waals surface area contributed by atoms with Crippen molar-refractivity contribution in [2.45, 2.75) is 33.2 Å². The van der Waals surface area contributed by atoms with Gasteiger partial charge in [0.1, 0.15) is 11.5 Å². The molecule has 7 heteroatoms. The first-order valence-electron chi connectivity index (χ1n) is 8.47. The predicted molar refractivity (Wildman–Crippen MR) is 103 cm³/mol. The molecule has 136 valence electrons. The third-order valence-electron chi connectivity index (χ3n) is 3.62. The third-order valence-corrected chi connectivity index (χ3v) is 4.82. The average Bonchev–Trinajstić information content (AvgIpc) is 3.09. The number of rotatable bonds is 8. The maximum atomic E-state index is 9.95. The summed E-state index contributed by atoms with van der Waals surface area (Å²) in [5.74, 6) is 1.64. The number of phenolic OH excluding ortho intramolecular Hbond substituents is 1. The first kappa shape index (κ1) is 19.1. The maximum absolute atomic E-state index is 9.95. The Hall–Kier alpha value is -2.28. The molecule has 0 atom stereocenters. The number of hydrogen-bond donors (Lipinski definition) is 3. The van der Waals surface area contributed by atoms with Crippen LogP contribution >= 0.6 is 11.3 Å². The number of guanidine groups is 1. The van der Waals surface area contributed by atoms with Crippen molar-refractivity contribution in [2.24, 2.45) is 4.99 Å². The molecule has 0 aliphatic rings. The molecular formula is C18H26N4O2S. The number of aryl methyl sites for hydroxylation is 1. The van der Waals surface area contributed by atoms with Gasteiger partial charge in [0.2, 0.25) is 0 Å². The summed E-state index contributed by atoms with van der Waals surface area (Å²) in [6, 6.07) is 5.15. The lowest BCUT2D eigenvalue weighted by molar-refractivity contribution is 0.411. The summed E-state index contributed by atoms with van der Waals surface area (Å²) in [4.78, 5) is 10.3. The van der Waals surface area contributed by atoms with Gasteiger partial charge in [-0.05, 0) is 31.5 Å². The molecule has 6 nitrogen and oxygen atoms in total. The number of nitrogens with zero attached hydrogens (tertiary/aromatic N) is 2. The molecule has 0 unspecified atom stereocenters. The lowest BCUT2D eigenvalue weighted by Gasteiger charge is -2.11. The average molecular weight is 362 g/mol. The smallest absolute Gasteiger partial charge is 0.191 e. The third kappa shape index (κ3) is 5.94. The van der Waals surface area contributed by atoms with E-state index in [1.165, 1.54) is 4.88 Å². The molecule has 0 spiro atoms. The number of aliphatic imine (C=N–C) groups is 1. The number of aromatic nitrogens is 1. The van der Waals surface area contributed by atoms with Crippen molar-refractivity contribution in [3.63, 3.8) is 0 Å². The van der Waals surface area contributed by atoms with Crippen molar-refractivity contribution in [3.05, 3.63) is 39.8 Å². The number of aromatic hydroxyl groups is 1. The maximum Gasteiger partial charge on any atom is 0.191 e. The van der Waals surface area contributed by atoms with Gasteiger partial charge in [0.15, 0.2) is 5.96 Å². The van der Waals surface area contributed by atoms with E-state index >= 15 is 0 Å². The number of thiazole rings is 1. The normalized spacial score (nSPS) is 11.4. The van der Waals surface area contributed by atoms with E-state index in [0.29, 0.717) is 12.3 Å². The number of phenols is 1. The number of benzene rings is 1. The number of methoxy groups -OCH3 is 1. The lowest BCUT2D eigenvalue weighted by atomic mass is 10.2. The van der Waals surface area contributed by atoms with E-state index in [0.717, 1.165) is 42.5 Å². The molecule has 0 saturated heterocycles. The highest BCUT2D eigenvalue weighted by Gasteiger charge is 2.05. The second kappa shape index (κ2) is 9.88. The van der Waals surface area contributed by atoms with Gasteiger partial charge < -0.3 is 20.5 Å². The zero-order chi connectivity index (χ0) is 18.1. The summed E-state index contributed by atoms with van der Waals surface area (Å²) in [7, 11) is 1.60. The van der Waals surface area contributed by atoms with E-state index in [2.05, 4.69) is 27.5 Å². The summed E-state index contributed by atoms with van der Waals surface area (Å²) in [6.45, 7) is 6.06. The van der Waals surface area contributed by atoms with E-state index in [9.17, 15) is 5.11 Å². The van der Waals surface area contributed by atoms with Crippen LogP contribution in [-0.4, -0.2) is 36.2 Å².